The van der Waals surface area contributed by atoms with E-state index in [9.17, 15) is 14.9 Å². The molecule has 3 rings (SSSR count). The molecule has 5 unspecified atom stereocenters. The maximum Gasteiger partial charge on any atom is 0.270 e. The number of fused-ring (bicyclic) bond motifs is 2. The van der Waals surface area contributed by atoms with Gasteiger partial charge in [0.1, 0.15) is 6.29 Å². The molecule has 0 spiro atoms. The first-order valence-electron chi connectivity index (χ1n) is 10.5. The van der Waals surface area contributed by atoms with Crippen molar-refractivity contribution in [2.75, 3.05) is 7.05 Å². The first-order chi connectivity index (χ1) is 13.6. The highest BCUT2D eigenvalue weighted by atomic mass is 32.2. The fourth-order valence-corrected chi connectivity index (χ4v) is 5.58. The number of nitro benzene ring substituents is 1. The third-order valence-corrected chi connectivity index (χ3v) is 7.11. The van der Waals surface area contributed by atoms with Gasteiger partial charge in [-0.3, -0.25) is 10.1 Å². The van der Waals surface area contributed by atoms with Gasteiger partial charge >= 0.3 is 0 Å². The first-order valence-corrected chi connectivity index (χ1v) is 11.3. The number of aldehydes is 1. The van der Waals surface area contributed by atoms with E-state index in [1.807, 2.05) is 0 Å². The molecule has 1 aromatic rings. The Bertz CT molecular complexity index is 694. The molecule has 0 aliphatic heterocycles. The lowest BCUT2D eigenvalue weighted by molar-refractivity contribution is -0.385. The van der Waals surface area contributed by atoms with Crippen molar-refractivity contribution in [2.24, 2.45) is 23.7 Å². The number of rotatable bonds is 6. The second-order valence-electron chi connectivity index (χ2n) is 9.26. The zero-order valence-electron chi connectivity index (χ0n) is 18.2. The summed E-state index contributed by atoms with van der Waals surface area (Å²) in [6, 6.07) is 7.04. The number of carbonyl (C=O) groups is 1. The van der Waals surface area contributed by atoms with Crippen LogP contribution in [0.2, 0.25) is 0 Å². The van der Waals surface area contributed by atoms with Crippen molar-refractivity contribution in [1.29, 1.82) is 0 Å². The van der Waals surface area contributed by atoms with Crippen LogP contribution in [0, 0.1) is 33.8 Å². The van der Waals surface area contributed by atoms with Crippen molar-refractivity contribution in [3.05, 3.63) is 34.4 Å². The second-order valence-corrected chi connectivity index (χ2v) is 10.1. The topological polar surface area (TPSA) is 84.3 Å². The van der Waals surface area contributed by atoms with Gasteiger partial charge in [0.25, 0.3) is 5.69 Å². The van der Waals surface area contributed by atoms with Crippen LogP contribution < -0.4 is 10.0 Å². The lowest BCUT2D eigenvalue weighted by Gasteiger charge is -2.46. The van der Waals surface area contributed by atoms with E-state index < -0.39 is 10.5 Å². The third kappa shape index (κ3) is 7.08. The predicted molar refractivity (Wildman–Crippen MR) is 119 cm³/mol. The van der Waals surface area contributed by atoms with Crippen LogP contribution in [0.3, 0.4) is 0 Å². The predicted octanol–water partition coefficient (Wildman–Crippen LogP) is 4.84. The van der Waals surface area contributed by atoms with Gasteiger partial charge in [-0.25, -0.2) is 4.72 Å². The smallest absolute Gasteiger partial charge is 0.270 e. The fraction of sp³-hybridized carbons (Fsp3) is 0.682. The lowest BCUT2D eigenvalue weighted by Crippen LogP contribution is -2.47. The summed E-state index contributed by atoms with van der Waals surface area (Å²) in [4.78, 5) is 21.4. The molecule has 2 aliphatic carbocycles. The summed E-state index contributed by atoms with van der Waals surface area (Å²) in [5.74, 6) is 3.91. The summed E-state index contributed by atoms with van der Waals surface area (Å²) in [6.07, 6.45) is 6.72. The van der Waals surface area contributed by atoms with Crippen molar-refractivity contribution >= 4 is 23.9 Å². The molecule has 2 aliphatic rings. The van der Waals surface area contributed by atoms with Gasteiger partial charge in [-0.1, -0.05) is 19.9 Å². The minimum absolute atomic E-state index is 0.0377. The van der Waals surface area contributed by atoms with Gasteiger partial charge in [-0.2, -0.15) is 0 Å². The van der Waals surface area contributed by atoms with Gasteiger partial charge in [0.2, 0.25) is 0 Å². The van der Waals surface area contributed by atoms with Crippen LogP contribution in [0.4, 0.5) is 5.69 Å². The van der Waals surface area contributed by atoms with Crippen molar-refractivity contribution in [2.45, 2.75) is 69.9 Å². The Hall–Kier alpha value is -1.44. The summed E-state index contributed by atoms with van der Waals surface area (Å²) in [5, 5.41) is 14.1. The molecule has 6 nitrogen and oxygen atoms in total. The minimum atomic E-state index is -0.657. The van der Waals surface area contributed by atoms with E-state index in [1.165, 1.54) is 49.8 Å². The quantitative estimate of drug-likeness (QED) is 0.296. The number of non-ortho nitro benzene ring substituents is 1. The number of hydrogen-bond donors (Lipinski definition) is 2. The van der Waals surface area contributed by atoms with E-state index in [1.54, 1.807) is 26.0 Å². The van der Waals surface area contributed by atoms with Crippen molar-refractivity contribution in [3.8, 4) is 0 Å². The highest BCUT2D eigenvalue weighted by Crippen LogP contribution is 2.44. The Kier molecular flexibility index (Phi) is 8.67. The highest BCUT2D eigenvalue weighted by molar-refractivity contribution is 7.97. The Labute approximate surface area is 178 Å². The van der Waals surface area contributed by atoms with Gasteiger partial charge in [-0.05, 0) is 88.3 Å². The zero-order valence-corrected chi connectivity index (χ0v) is 19.0. The molecule has 5 atom stereocenters. The molecule has 1 aromatic carbocycles. The highest BCUT2D eigenvalue weighted by Gasteiger charge is 2.38. The normalized spacial score (nSPS) is 28.8. The largest absolute Gasteiger partial charge is 0.316 e. The molecule has 0 aromatic heterocycles. The number of hydrogen-bond acceptors (Lipinski definition) is 6. The molecule has 2 bridgehead atoms. The van der Waals surface area contributed by atoms with Gasteiger partial charge in [0, 0.05) is 23.1 Å². The van der Waals surface area contributed by atoms with Crippen molar-refractivity contribution in [3.63, 3.8) is 0 Å². The maximum atomic E-state index is 10.6. The Morgan fingerprint density at radius 3 is 2.55 bits per heavy atom. The number of nitrogens with one attached hydrogen (secondary N) is 2. The van der Waals surface area contributed by atoms with Crippen molar-refractivity contribution < 1.29 is 9.72 Å². The molecule has 0 saturated heterocycles. The Morgan fingerprint density at radius 2 is 1.93 bits per heavy atom. The van der Waals surface area contributed by atoms with Crippen LogP contribution in [-0.4, -0.2) is 29.8 Å². The van der Waals surface area contributed by atoms with Crippen LogP contribution >= 0.6 is 11.9 Å². The molecule has 162 valence electrons. The molecular formula is C22H35N3O3S. The first kappa shape index (κ1) is 23.8. The fourth-order valence-electron chi connectivity index (χ4n) is 4.82. The molecule has 0 heterocycles. The molecule has 0 radical (unpaired) electrons. The average molecular weight is 422 g/mol. The summed E-state index contributed by atoms with van der Waals surface area (Å²) in [5.41, 5.74) is -0.620. The van der Waals surface area contributed by atoms with Gasteiger partial charge in [0.15, 0.2) is 0 Å². The minimum Gasteiger partial charge on any atom is -0.316 e. The SMILES string of the molecule is CC(C)(C=O)NSc1cccc([N+](=O)[O-])c1.CNC1C(C)CC2CC(C)CC1C2. The maximum absolute atomic E-state index is 10.6. The van der Waals surface area contributed by atoms with Crippen molar-refractivity contribution in [1.82, 2.24) is 10.0 Å². The average Bonchev–Trinajstić information content (AvgIpc) is 2.67. The van der Waals surface area contributed by atoms with Crippen LogP contribution in [0.15, 0.2) is 29.2 Å². The molecule has 29 heavy (non-hydrogen) atoms. The van der Waals surface area contributed by atoms with Gasteiger partial charge < -0.3 is 10.1 Å². The molecular weight excluding hydrogens is 386 g/mol. The number of nitro groups is 1. The van der Waals surface area contributed by atoms with Gasteiger partial charge in [-0.15, -0.1) is 0 Å². The Balaban J connectivity index is 0.000000211. The summed E-state index contributed by atoms with van der Waals surface area (Å²) in [6.45, 7) is 8.31. The van der Waals surface area contributed by atoms with Crippen LogP contribution in [0.25, 0.3) is 0 Å². The van der Waals surface area contributed by atoms with Crippen LogP contribution in [0.1, 0.15) is 53.4 Å². The number of nitrogens with zero attached hydrogens (tertiary/aromatic N) is 1. The Morgan fingerprint density at radius 1 is 1.21 bits per heavy atom. The standard InChI is InChI=1S/C12H23N.C10H12N2O3S/c1-8-4-10-6-9(2)12(13-3)11(5-8)7-10;1-10(2,7-13)11-16-9-5-3-4-8(6-9)12(14)15/h8-13H,4-7H2,1-3H3;3-7,11H,1-2H3. The van der Waals surface area contributed by atoms with Gasteiger partial charge in [0.05, 0.1) is 10.5 Å². The van der Waals surface area contributed by atoms with Crippen LogP contribution in [0.5, 0.6) is 0 Å². The summed E-state index contributed by atoms with van der Waals surface area (Å²) >= 11 is 1.20. The molecule has 2 saturated carbocycles. The van der Waals surface area contributed by atoms with E-state index >= 15 is 0 Å². The van der Waals surface area contributed by atoms with E-state index in [2.05, 4.69) is 30.9 Å². The lowest BCUT2D eigenvalue weighted by atomic mass is 9.63. The third-order valence-electron chi connectivity index (χ3n) is 5.99. The molecule has 2 N–H and O–H groups in total. The molecule has 7 heteroatoms. The summed E-state index contributed by atoms with van der Waals surface area (Å²) < 4.78 is 2.92. The summed E-state index contributed by atoms with van der Waals surface area (Å²) in [7, 11) is 2.14. The molecule has 2 fully saturated rings. The number of benzene rings is 1. The van der Waals surface area contributed by atoms with E-state index in [-0.39, 0.29) is 5.69 Å². The van der Waals surface area contributed by atoms with Crippen LogP contribution in [-0.2, 0) is 4.79 Å². The zero-order chi connectivity index (χ0) is 21.6. The second kappa shape index (κ2) is 10.5. The van der Waals surface area contributed by atoms with E-state index in [0.29, 0.717) is 4.90 Å². The number of carbonyl (C=O) groups excluding carboxylic acids is 1. The monoisotopic (exact) mass is 421 g/mol. The molecule has 0 amide bonds. The van der Waals surface area contributed by atoms with E-state index in [4.69, 9.17) is 0 Å². The van der Waals surface area contributed by atoms with E-state index in [0.717, 1.165) is 36.0 Å².